The van der Waals surface area contributed by atoms with Crippen molar-refractivity contribution < 1.29 is 9.18 Å². The minimum absolute atomic E-state index is 0.0509. The lowest BCUT2D eigenvalue weighted by atomic mass is 9.96. The van der Waals surface area contributed by atoms with E-state index in [0.717, 1.165) is 36.5 Å². The van der Waals surface area contributed by atoms with Crippen molar-refractivity contribution in [1.82, 2.24) is 15.1 Å². The Morgan fingerprint density at radius 1 is 0.886 bits per heavy atom. The zero-order valence-corrected chi connectivity index (χ0v) is 20.5. The van der Waals surface area contributed by atoms with Gasteiger partial charge in [-0.3, -0.25) is 4.79 Å². The van der Waals surface area contributed by atoms with Crippen LogP contribution in [0.4, 0.5) is 15.9 Å². The lowest BCUT2D eigenvalue weighted by molar-refractivity contribution is -0.136. The molecule has 2 aromatic carbocycles. The fourth-order valence-electron chi connectivity index (χ4n) is 5.07. The van der Waals surface area contributed by atoms with Gasteiger partial charge in [-0.1, -0.05) is 24.3 Å². The third-order valence-corrected chi connectivity index (χ3v) is 7.33. The molecule has 6 nitrogen and oxygen atoms in total. The number of piperidine rings is 1. The maximum atomic E-state index is 14.1. The molecule has 0 N–H and O–H groups in total. The minimum Gasteiger partial charge on any atom is -0.366 e. The fraction of sp³-hybridized carbons (Fsp3) is 0.393. The van der Waals surface area contributed by atoms with E-state index in [1.54, 1.807) is 12.1 Å². The second kappa shape index (κ2) is 10.0. The predicted molar refractivity (Wildman–Crippen MR) is 137 cm³/mol. The van der Waals surface area contributed by atoms with Crippen LogP contribution >= 0.6 is 0 Å². The van der Waals surface area contributed by atoms with E-state index in [2.05, 4.69) is 47.1 Å². The van der Waals surface area contributed by atoms with Crippen LogP contribution in [0.2, 0.25) is 0 Å². The van der Waals surface area contributed by atoms with Crippen molar-refractivity contribution in [3.8, 4) is 11.3 Å². The number of hydrogen-bond acceptors (Lipinski definition) is 5. The topological polar surface area (TPSA) is 52.6 Å². The molecular formula is C28H32FN5O. The highest BCUT2D eigenvalue weighted by Gasteiger charge is 2.32. The number of carbonyl (C=O) groups excluding carboxylic acids is 1. The number of carbonyl (C=O) groups is 1. The average Bonchev–Trinajstić information content (AvgIpc) is 2.90. The first kappa shape index (κ1) is 23.3. The highest BCUT2D eigenvalue weighted by atomic mass is 19.1. The Hall–Kier alpha value is -3.48. The molecule has 2 aliphatic rings. The number of halogens is 1. The monoisotopic (exact) mass is 473 g/mol. The Labute approximate surface area is 206 Å². The molecule has 5 rings (SSSR count). The maximum absolute atomic E-state index is 14.1. The van der Waals surface area contributed by atoms with Crippen molar-refractivity contribution in [1.29, 1.82) is 0 Å². The number of aromatic nitrogens is 2. The first-order valence-corrected chi connectivity index (χ1v) is 12.4. The van der Waals surface area contributed by atoms with Crippen molar-refractivity contribution in [2.75, 3.05) is 49.1 Å². The molecule has 0 saturated carbocycles. The van der Waals surface area contributed by atoms with Gasteiger partial charge in [0.15, 0.2) is 5.82 Å². The van der Waals surface area contributed by atoms with Crippen LogP contribution in [-0.4, -0.2) is 60.3 Å². The largest absolute Gasteiger partial charge is 0.366 e. The van der Waals surface area contributed by atoms with Gasteiger partial charge in [0.1, 0.15) is 5.82 Å². The van der Waals surface area contributed by atoms with E-state index in [1.165, 1.54) is 17.2 Å². The second-order valence-corrected chi connectivity index (χ2v) is 9.62. The maximum Gasteiger partial charge on any atom is 0.227 e. The Morgan fingerprint density at radius 3 is 2.40 bits per heavy atom. The van der Waals surface area contributed by atoms with Crippen LogP contribution in [0, 0.1) is 25.6 Å². The Balaban J connectivity index is 1.20. The summed E-state index contributed by atoms with van der Waals surface area (Å²) in [5, 5.41) is 8.97. The highest BCUT2D eigenvalue weighted by Crippen LogP contribution is 2.26. The molecule has 3 heterocycles. The third kappa shape index (κ3) is 4.99. The predicted octanol–water partition coefficient (Wildman–Crippen LogP) is 4.46. The molecule has 3 aromatic rings. The molecule has 0 bridgehead atoms. The van der Waals surface area contributed by atoms with Crippen molar-refractivity contribution >= 4 is 17.4 Å². The Kier molecular flexibility index (Phi) is 6.66. The summed E-state index contributed by atoms with van der Waals surface area (Å²) in [7, 11) is 0. The highest BCUT2D eigenvalue weighted by molar-refractivity contribution is 5.80. The van der Waals surface area contributed by atoms with Gasteiger partial charge in [-0.05, 0) is 68.1 Å². The van der Waals surface area contributed by atoms with E-state index in [4.69, 9.17) is 0 Å². The lowest BCUT2D eigenvalue weighted by Crippen LogP contribution is -2.52. The summed E-state index contributed by atoms with van der Waals surface area (Å²) < 4.78 is 14.1. The summed E-state index contributed by atoms with van der Waals surface area (Å²) in [6.45, 7) is 8.27. The molecule has 1 aromatic heterocycles. The Bertz CT molecular complexity index is 1190. The van der Waals surface area contributed by atoms with Crippen LogP contribution in [0.15, 0.2) is 54.6 Å². The lowest BCUT2D eigenvalue weighted by Gasteiger charge is -2.40. The van der Waals surface area contributed by atoms with Gasteiger partial charge in [-0.25, -0.2) is 4.39 Å². The molecule has 2 saturated heterocycles. The van der Waals surface area contributed by atoms with Gasteiger partial charge < -0.3 is 14.7 Å². The normalized spacial score (nSPS) is 18.6. The summed E-state index contributed by atoms with van der Waals surface area (Å²) in [6, 6.07) is 17.2. The number of hydrogen-bond donors (Lipinski definition) is 0. The zero-order valence-electron chi connectivity index (χ0n) is 20.5. The van der Waals surface area contributed by atoms with E-state index in [-0.39, 0.29) is 17.6 Å². The van der Waals surface area contributed by atoms with Crippen LogP contribution in [0.25, 0.3) is 11.3 Å². The van der Waals surface area contributed by atoms with Gasteiger partial charge in [-0.2, -0.15) is 0 Å². The van der Waals surface area contributed by atoms with Gasteiger partial charge in [0, 0.05) is 44.8 Å². The molecule has 2 aliphatic heterocycles. The van der Waals surface area contributed by atoms with Crippen molar-refractivity contribution in [2.24, 2.45) is 5.92 Å². The summed E-state index contributed by atoms with van der Waals surface area (Å²) in [6.07, 6.45) is 1.84. The molecule has 2 fully saturated rings. The number of para-hydroxylation sites is 1. The van der Waals surface area contributed by atoms with Gasteiger partial charge >= 0.3 is 0 Å². The number of benzene rings is 2. The zero-order chi connectivity index (χ0) is 24.4. The molecule has 1 atom stereocenters. The van der Waals surface area contributed by atoms with Gasteiger partial charge in [0.2, 0.25) is 5.91 Å². The van der Waals surface area contributed by atoms with Crippen LogP contribution in [0.5, 0.6) is 0 Å². The van der Waals surface area contributed by atoms with Crippen molar-refractivity contribution in [3.63, 3.8) is 0 Å². The third-order valence-electron chi connectivity index (χ3n) is 7.33. The smallest absolute Gasteiger partial charge is 0.227 e. The van der Waals surface area contributed by atoms with E-state index in [1.807, 2.05) is 28.0 Å². The molecular weight excluding hydrogens is 441 g/mol. The van der Waals surface area contributed by atoms with Crippen LogP contribution in [-0.2, 0) is 4.79 Å². The average molecular weight is 474 g/mol. The number of nitrogens with zero attached hydrogens (tertiary/aromatic N) is 5. The molecule has 0 spiro atoms. The minimum atomic E-state index is -0.208. The van der Waals surface area contributed by atoms with Crippen LogP contribution in [0.3, 0.4) is 0 Å². The van der Waals surface area contributed by atoms with Crippen molar-refractivity contribution in [3.05, 3.63) is 71.5 Å². The summed E-state index contributed by atoms with van der Waals surface area (Å²) in [5.74, 6) is 0.756. The van der Waals surface area contributed by atoms with Gasteiger partial charge in [-0.15, -0.1) is 10.2 Å². The molecule has 0 aliphatic carbocycles. The molecule has 7 heteroatoms. The second-order valence-electron chi connectivity index (χ2n) is 9.62. The number of aryl methyl sites for hydroxylation is 2. The first-order valence-electron chi connectivity index (χ1n) is 12.4. The quantitative estimate of drug-likeness (QED) is 0.560. The summed E-state index contributed by atoms with van der Waals surface area (Å²) >= 11 is 0. The molecule has 0 unspecified atom stereocenters. The number of piperazine rings is 1. The number of amides is 1. The first-order chi connectivity index (χ1) is 17.0. The van der Waals surface area contributed by atoms with Gasteiger partial charge in [0.05, 0.1) is 17.3 Å². The van der Waals surface area contributed by atoms with E-state index in [9.17, 15) is 9.18 Å². The number of rotatable bonds is 4. The molecule has 182 valence electrons. The molecule has 1 amide bonds. The summed E-state index contributed by atoms with van der Waals surface area (Å²) in [5.41, 5.74) is 5.03. The van der Waals surface area contributed by atoms with Gasteiger partial charge in [0.25, 0.3) is 0 Å². The molecule has 35 heavy (non-hydrogen) atoms. The summed E-state index contributed by atoms with van der Waals surface area (Å²) in [4.78, 5) is 19.5. The van der Waals surface area contributed by atoms with E-state index in [0.29, 0.717) is 38.4 Å². The Morgan fingerprint density at radius 2 is 1.69 bits per heavy atom. The van der Waals surface area contributed by atoms with E-state index >= 15 is 0 Å². The van der Waals surface area contributed by atoms with E-state index < -0.39 is 0 Å². The van der Waals surface area contributed by atoms with Crippen molar-refractivity contribution in [2.45, 2.75) is 26.7 Å². The van der Waals surface area contributed by atoms with Crippen LogP contribution in [0.1, 0.15) is 24.0 Å². The van der Waals surface area contributed by atoms with Crippen LogP contribution < -0.4 is 9.80 Å². The SMILES string of the molecule is Cc1ccc(-c2ccc(N3CCC[C@@H](C(=O)N4CCN(c5ccccc5F)CC4)C3)nn2)cc1C. The fourth-order valence-corrected chi connectivity index (χ4v) is 5.07. The number of anilines is 2. The molecule has 0 radical (unpaired) electrons. The standard InChI is InChI=1S/C28H32FN5O/c1-20-9-10-22(18-21(20)2)25-11-12-27(31-30-25)34-13-5-6-23(19-34)28(35)33-16-14-32(15-17-33)26-8-4-3-7-24(26)29/h3-4,7-12,18,23H,5-6,13-17,19H2,1-2H3/t23-/m1/s1.